The largest absolute Gasteiger partial charge is 0.466 e. The lowest BCUT2D eigenvalue weighted by molar-refractivity contribution is -0.151. The number of fused-ring (bicyclic) bond motifs is 1. The first-order valence-electron chi connectivity index (χ1n) is 8.58. The number of ether oxygens (including phenoxy) is 1. The van der Waals surface area contributed by atoms with Gasteiger partial charge >= 0.3 is 5.97 Å². The third-order valence-electron chi connectivity index (χ3n) is 4.46. The van der Waals surface area contributed by atoms with E-state index in [-0.39, 0.29) is 17.8 Å². The summed E-state index contributed by atoms with van der Waals surface area (Å²) in [7, 11) is 1.96. The molecule has 0 bridgehead atoms. The Kier molecular flexibility index (Phi) is 5.63. The Morgan fingerprint density at radius 3 is 2.92 bits per heavy atom. The van der Waals surface area contributed by atoms with Gasteiger partial charge in [-0.25, -0.2) is 4.98 Å². The number of aryl methyl sites for hydroxylation is 1. The first-order chi connectivity index (χ1) is 12.1. The molecule has 0 saturated carbocycles. The summed E-state index contributed by atoms with van der Waals surface area (Å²) in [6.45, 7) is 3.35. The quantitative estimate of drug-likeness (QED) is 0.605. The van der Waals surface area contributed by atoms with E-state index in [1.807, 2.05) is 35.9 Å². The molecule has 0 radical (unpaired) electrons. The highest BCUT2D eigenvalue weighted by molar-refractivity contribution is 7.99. The number of rotatable bonds is 5. The van der Waals surface area contributed by atoms with Gasteiger partial charge < -0.3 is 14.2 Å². The van der Waals surface area contributed by atoms with Gasteiger partial charge in [0, 0.05) is 20.1 Å². The first-order valence-corrected chi connectivity index (χ1v) is 9.57. The zero-order chi connectivity index (χ0) is 17.8. The highest BCUT2D eigenvalue weighted by Crippen LogP contribution is 2.24. The monoisotopic (exact) mass is 361 g/mol. The zero-order valence-corrected chi connectivity index (χ0v) is 15.4. The van der Waals surface area contributed by atoms with Gasteiger partial charge in [-0.3, -0.25) is 9.59 Å². The number of amides is 1. The van der Waals surface area contributed by atoms with E-state index in [2.05, 4.69) is 4.98 Å². The Labute approximate surface area is 151 Å². The molecule has 134 valence electrons. The molecule has 1 aliphatic rings. The van der Waals surface area contributed by atoms with Crippen molar-refractivity contribution in [1.29, 1.82) is 0 Å². The van der Waals surface area contributed by atoms with Crippen molar-refractivity contribution in [2.45, 2.75) is 24.9 Å². The number of carbonyl (C=O) groups is 2. The summed E-state index contributed by atoms with van der Waals surface area (Å²) < 4.78 is 7.10. The third-order valence-corrected chi connectivity index (χ3v) is 5.48. The average Bonchev–Trinajstić information content (AvgIpc) is 2.96. The number of imidazole rings is 1. The van der Waals surface area contributed by atoms with Crippen LogP contribution in [0.5, 0.6) is 0 Å². The maximum absolute atomic E-state index is 12.5. The van der Waals surface area contributed by atoms with Crippen molar-refractivity contribution in [1.82, 2.24) is 14.5 Å². The molecular weight excluding hydrogens is 338 g/mol. The van der Waals surface area contributed by atoms with Gasteiger partial charge in [0.1, 0.15) is 0 Å². The number of carbonyl (C=O) groups excluding carboxylic acids is 2. The van der Waals surface area contributed by atoms with Gasteiger partial charge in [-0.1, -0.05) is 23.9 Å². The Hall–Kier alpha value is -2.02. The number of thioether (sulfide) groups is 1. The number of piperidine rings is 1. The summed E-state index contributed by atoms with van der Waals surface area (Å²) in [5.41, 5.74) is 1.98. The first kappa shape index (κ1) is 17.8. The van der Waals surface area contributed by atoms with Crippen LogP contribution in [0.2, 0.25) is 0 Å². The molecule has 1 aliphatic heterocycles. The van der Waals surface area contributed by atoms with E-state index in [9.17, 15) is 9.59 Å². The van der Waals surface area contributed by atoms with E-state index < -0.39 is 0 Å². The lowest BCUT2D eigenvalue weighted by Crippen LogP contribution is -2.43. The Morgan fingerprint density at radius 2 is 2.16 bits per heavy atom. The Balaban J connectivity index is 1.60. The topological polar surface area (TPSA) is 64.4 Å². The number of nitrogens with zero attached hydrogens (tertiary/aromatic N) is 3. The lowest BCUT2D eigenvalue weighted by Gasteiger charge is -2.31. The molecule has 2 aromatic rings. The number of aromatic nitrogens is 2. The summed E-state index contributed by atoms with van der Waals surface area (Å²) >= 11 is 1.44. The molecule has 1 atom stereocenters. The van der Waals surface area contributed by atoms with Gasteiger partial charge in [-0.15, -0.1) is 0 Å². The van der Waals surface area contributed by atoms with Gasteiger partial charge in [0.05, 0.1) is 29.3 Å². The van der Waals surface area contributed by atoms with Crippen LogP contribution in [0.15, 0.2) is 29.4 Å². The smallest absolute Gasteiger partial charge is 0.310 e. The van der Waals surface area contributed by atoms with Crippen LogP contribution in [0.4, 0.5) is 0 Å². The van der Waals surface area contributed by atoms with Crippen molar-refractivity contribution in [3.63, 3.8) is 0 Å². The van der Waals surface area contributed by atoms with E-state index in [4.69, 9.17) is 4.74 Å². The van der Waals surface area contributed by atoms with Crippen molar-refractivity contribution in [3.05, 3.63) is 24.3 Å². The second-order valence-electron chi connectivity index (χ2n) is 6.16. The van der Waals surface area contributed by atoms with Gasteiger partial charge in [0.15, 0.2) is 5.16 Å². The van der Waals surface area contributed by atoms with Crippen molar-refractivity contribution in [2.24, 2.45) is 13.0 Å². The molecule has 7 heteroatoms. The second kappa shape index (κ2) is 7.91. The van der Waals surface area contributed by atoms with E-state index >= 15 is 0 Å². The molecule has 1 amide bonds. The minimum absolute atomic E-state index is 0.0473. The highest BCUT2D eigenvalue weighted by Gasteiger charge is 2.29. The van der Waals surface area contributed by atoms with Crippen LogP contribution in [-0.4, -0.2) is 51.8 Å². The molecule has 0 spiro atoms. The van der Waals surface area contributed by atoms with Crippen LogP contribution in [0.1, 0.15) is 19.8 Å². The maximum atomic E-state index is 12.5. The fourth-order valence-electron chi connectivity index (χ4n) is 3.13. The Bertz CT molecular complexity index is 774. The van der Waals surface area contributed by atoms with E-state index in [0.29, 0.717) is 25.4 Å². The van der Waals surface area contributed by atoms with Crippen molar-refractivity contribution < 1.29 is 14.3 Å². The third kappa shape index (κ3) is 3.98. The van der Waals surface area contributed by atoms with E-state index in [1.54, 1.807) is 11.8 Å². The fraction of sp³-hybridized carbons (Fsp3) is 0.500. The number of hydrogen-bond acceptors (Lipinski definition) is 5. The molecule has 0 aliphatic carbocycles. The van der Waals surface area contributed by atoms with Crippen LogP contribution in [0, 0.1) is 5.92 Å². The minimum Gasteiger partial charge on any atom is -0.466 e. The molecule has 1 fully saturated rings. The molecule has 25 heavy (non-hydrogen) atoms. The molecular formula is C18H23N3O3S. The SMILES string of the molecule is CCOC(=O)C1CCCN(C(=O)CSc2nc3ccccc3n2C)C1. The Morgan fingerprint density at radius 1 is 1.36 bits per heavy atom. The molecule has 1 unspecified atom stereocenters. The fourth-order valence-corrected chi connectivity index (χ4v) is 4.02. The van der Waals surface area contributed by atoms with Crippen LogP contribution >= 0.6 is 11.8 Å². The van der Waals surface area contributed by atoms with Crippen molar-refractivity contribution >= 4 is 34.7 Å². The lowest BCUT2D eigenvalue weighted by atomic mass is 9.98. The molecule has 2 heterocycles. The number of benzene rings is 1. The van der Waals surface area contributed by atoms with Crippen molar-refractivity contribution in [3.8, 4) is 0 Å². The van der Waals surface area contributed by atoms with Crippen LogP contribution < -0.4 is 0 Å². The van der Waals surface area contributed by atoms with Gasteiger partial charge in [-0.2, -0.15) is 0 Å². The van der Waals surface area contributed by atoms with Crippen LogP contribution in [0.25, 0.3) is 11.0 Å². The molecule has 1 saturated heterocycles. The molecule has 6 nitrogen and oxygen atoms in total. The predicted molar refractivity (Wildman–Crippen MR) is 97.4 cm³/mol. The summed E-state index contributed by atoms with van der Waals surface area (Å²) in [4.78, 5) is 30.8. The normalized spacial score (nSPS) is 17.7. The number of esters is 1. The second-order valence-corrected chi connectivity index (χ2v) is 7.10. The zero-order valence-electron chi connectivity index (χ0n) is 14.6. The standard InChI is InChI=1S/C18H23N3O3S/c1-3-24-17(23)13-7-6-10-21(11-13)16(22)12-25-18-19-14-8-4-5-9-15(14)20(18)2/h4-5,8-9,13H,3,6-7,10-12H2,1-2H3. The molecule has 3 rings (SSSR count). The van der Waals surface area contributed by atoms with Gasteiger partial charge in [0.25, 0.3) is 0 Å². The molecule has 1 aromatic carbocycles. The molecule has 1 aromatic heterocycles. The summed E-state index contributed by atoms with van der Waals surface area (Å²) in [5.74, 6) is -0.0142. The van der Waals surface area contributed by atoms with Crippen LogP contribution in [0.3, 0.4) is 0 Å². The van der Waals surface area contributed by atoms with Gasteiger partial charge in [0.2, 0.25) is 5.91 Å². The summed E-state index contributed by atoms with van der Waals surface area (Å²) in [6.07, 6.45) is 1.63. The van der Waals surface area contributed by atoms with E-state index in [1.165, 1.54) is 11.8 Å². The minimum atomic E-state index is -0.196. The van der Waals surface area contributed by atoms with Crippen molar-refractivity contribution in [2.75, 3.05) is 25.4 Å². The average molecular weight is 361 g/mol. The predicted octanol–water partition coefficient (Wildman–Crippen LogP) is 2.47. The summed E-state index contributed by atoms with van der Waals surface area (Å²) in [5, 5.41) is 0.827. The highest BCUT2D eigenvalue weighted by atomic mass is 32.2. The maximum Gasteiger partial charge on any atom is 0.310 e. The number of para-hydroxylation sites is 2. The van der Waals surface area contributed by atoms with Gasteiger partial charge in [-0.05, 0) is 31.9 Å². The number of hydrogen-bond donors (Lipinski definition) is 0. The van der Waals surface area contributed by atoms with Crippen LogP contribution in [-0.2, 0) is 21.4 Å². The number of likely N-dealkylation sites (tertiary alicyclic amines) is 1. The van der Waals surface area contributed by atoms with E-state index in [0.717, 1.165) is 29.0 Å². The summed E-state index contributed by atoms with van der Waals surface area (Å²) in [6, 6.07) is 7.92. The molecule has 0 N–H and O–H groups in total.